The average Bonchev–Trinajstić information content (AvgIpc) is 3.19. The van der Waals surface area contributed by atoms with Crippen molar-refractivity contribution < 1.29 is 14.6 Å². The molecule has 1 aromatic rings. The van der Waals surface area contributed by atoms with Gasteiger partial charge in [0.1, 0.15) is 5.75 Å². The molecule has 0 spiro atoms. The predicted octanol–water partition coefficient (Wildman–Crippen LogP) is 0.874. The first-order valence-electron chi connectivity index (χ1n) is 6.02. The van der Waals surface area contributed by atoms with Gasteiger partial charge in [0.05, 0.1) is 19.3 Å². The fourth-order valence-electron chi connectivity index (χ4n) is 1.99. The van der Waals surface area contributed by atoms with E-state index in [9.17, 15) is 4.79 Å². The number of nitrogens with two attached hydrogens (primary N) is 1. The summed E-state index contributed by atoms with van der Waals surface area (Å²) in [7, 11) is 1.52. The van der Waals surface area contributed by atoms with Crippen molar-refractivity contribution in [2.45, 2.75) is 18.9 Å². The topological polar surface area (TPSA) is 75.8 Å². The van der Waals surface area contributed by atoms with E-state index in [2.05, 4.69) is 0 Å². The molecule has 0 atom stereocenters. The number of nitrogen functional groups attached to an aromatic ring is 1. The first-order chi connectivity index (χ1) is 8.67. The Morgan fingerprint density at radius 3 is 2.83 bits per heavy atom. The first kappa shape index (κ1) is 12.7. The van der Waals surface area contributed by atoms with Gasteiger partial charge in [-0.25, -0.2) is 0 Å². The summed E-state index contributed by atoms with van der Waals surface area (Å²) in [6.07, 6.45) is 1.99. The molecular weight excluding hydrogens is 232 g/mol. The third-order valence-electron chi connectivity index (χ3n) is 3.04. The van der Waals surface area contributed by atoms with E-state index in [1.165, 1.54) is 7.11 Å². The molecule has 0 aliphatic heterocycles. The van der Waals surface area contributed by atoms with Crippen LogP contribution in [-0.2, 0) is 0 Å². The van der Waals surface area contributed by atoms with Gasteiger partial charge < -0.3 is 20.5 Å². The maximum atomic E-state index is 12.4. The molecule has 2 rings (SSSR count). The van der Waals surface area contributed by atoms with E-state index in [0.29, 0.717) is 23.5 Å². The van der Waals surface area contributed by atoms with Crippen molar-refractivity contribution in [2.24, 2.45) is 0 Å². The second-order valence-corrected chi connectivity index (χ2v) is 4.41. The number of methoxy groups -OCH3 is 1. The number of rotatable bonds is 5. The highest BCUT2D eigenvalue weighted by atomic mass is 16.5. The third kappa shape index (κ3) is 2.56. The van der Waals surface area contributed by atoms with E-state index in [1.54, 1.807) is 23.1 Å². The number of benzene rings is 1. The molecule has 0 saturated heterocycles. The average molecular weight is 250 g/mol. The number of nitrogens with zero attached hydrogens (tertiary/aromatic N) is 1. The van der Waals surface area contributed by atoms with Crippen molar-refractivity contribution in [1.29, 1.82) is 0 Å². The smallest absolute Gasteiger partial charge is 0.258 e. The molecular formula is C13H18N2O3. The summed E-state index contributed by atoms with van der Waals surface area (Å²) in [6.45, 7) is 0.314. The number of carbonyl (C=O) groups excluding carboxylic acids is 1. The standard InChI is InChI=1S/C13H18N2O3/c1-18-12-5-2-9(14)8-11(12)13(17)15(6-7-16)10-3-4-10/h2,5,8,10,16H,3-4,6-7,14H2,1H3. The van der Waals surface area contributed by atoms with Crippen molar-refractivity contribution in [3.8, 4) is 5.75 Å². The lowest BCUT2D eigenvalue weighted by atomic mass is 10.1. The lowest BCUT2D eigenvalue weighted by Crippen LogP contribution is -2.35. The second-order valence-electron chi connectivity index (χ2n) is 4.41. The van der Waals surface area contributed by atoms with Gasteiger partial charge in [0, 0.05) is 18.3 Å². The van der Waals surface area contributed by atoms with Gasteiger partial charge in [-0.15, -0.1) is 0 Å². The number of amides is 1. The normalized spacial score (nSPS) is 14.3. The summed E-state index contributed by atoms with van der Waals surface area (Å²) in [5.41, 5.74) is 6.69. The van der Waals surface area contributed by atoms with Gasteiger partial charge in [-0.2, -0.15) is 0 Å². The Bertz CT molecular complexity index is 444. The predicted molar refractivity (Wildman–Crippen MR) is 68.6 cm³/mol. The van der Waals surface area contributed by atoms with Gasteiger partial charge in [-0.3, -0.25) is 4.79 Å². The van der Waals surface area contributed by atoms with E-state index in [-0.39, 0.29) is 18.6 Å². The number of anilines is 1. The molecule has 1 aliphatic rings. The summed E-state index contributed by atoms with van der Waals surface area (Å²) in [5, 5.41) is 9.04. The molecule has 1 fully saturated rings. The van der Waals surface area contributed by atoms with Crippen molar-refractivity contribution >= 4 is 11.6 Å². The summed E-state index contributed by atoms with van der Waals surface area (Å²) in [6, 6.07) is 5.25. The largest absolute Gasteiger partial charge is 0.496 e. The minimum absolute atomic E-state index is 0.0349. The molecule has 0 bridgehead atoms. The molecule has 0 radical (unpaired) electrons. The molecule has 5 heteroatoms. The monoisotopic (exact) mass is 250 g/mol. The number of aliphatic hydroxyl groups excluding tert-OH is 1. The van der Waals surface area contributed by atoms with Crippen LogP contribution in [0.2, 0.25) is 0 Å². The van der Waals surface area contributed by atoms with E-state index < -0.39 is 0 Å². The lowest BCUT2D eigenvalue weighted by molar-refractivity contribution is 0.0704. The molecule has 98 valence electrons. The van der Waals surface area contributed by atoms with Gasteiger partial charge in [0.15, 0.2) is 0 Å². The number of aliphatic hydroxyl groups is 1. The quantitative estimate of drug-likeness (QED) is 0.760. The van der Waals surface area contributed by atoms with Crippen LogP contribution in [0.5, 0.6) is 5.75 Å². The molecule has 3 N–H and O–H groups in total. The van der Waals surface area contributed by atoms with Gasteiger partial charge in [0.25, 0.3) is 5.91 Å². The summed E-state index contributed by atoms with van der Waals surface area (Å²) in [5.74, 6) is 0.383. The van der Waals surface area contributed by atoms with Gasteiger partial charge in [-0.1, -0.05) is 0 Å². The summed E-state index contributed by atoms with van der Waals surface area (Å²) >= 11 is 0. The first-order valence-corrected chi connectivity index (χ1v) is 6.02. The van der Waals surface area contributed by atoms with Crippen LogP contribution in [0.4, 0.5) is 5.69 Å². The highest BCUT2D eigenvalue weighted by molar-refractivity contribution is 5.98. The van der Waals surface area contributed by atoms with Crippen LogP contribution >= 0.6 is 0 Å². The van der Waals surface area contributed by atoms with Crippen LogP contribution in [-0.4, -0.2) is 42.2 Å². The molecule has 1 aliphatic carbocycles. The zero-order valence-corrected chi connectivity index (χ0v) is 10.4. The maximum absolute atomic E-state index is 12.4. The number of carbonyl (C=O) groups is 1. The minimum Gasteiger partial charge on any atom is -0.496 e. The molecule has 1 amide bonds. The van der Waals surface area contributed by atoms with E-state index >= 15 is 0 Å². The van der Waals surface area contributed by atoms with E-state index in [0.717, 1.165) is 12.8 Å². The van der Waals surface area contributed by atoms with Crippen LogP contribution in [0.1, 0.15) is 23.2 Å². The van der Waals surface area contributed by atoms with Gasteiger partial charge in [-0.05, 0) is 31.0 Å². The Balaban J connectivity index is 2.28. The Kier molecular flexibility index (Phi) is 3.72. The maximum Gasteiger partial charge on any atom is 0.258 e. The van der Waals surface area contributed by atoms with Crippen molar-refractivity contribution in [3.63, 3.8) is 0 Å². The highest BCUT2D eigenvalue weighted by Crippen LogP contribution is 2.30. The minimum atomic E-state index is -0.129. The second kappa shape index (κ2) is 5.27. The Morgan fingerprint density at radius 1 is 1.56 bits per heavy atom. The zero-order chi connectivity index (χ0) is 13.1. The summed E-state index contributed by atoms with van der Waals surface area (Å²) in [4.78, 5) is 14.1. The molecule has 0 aromatic heterocycles. The van der Waals surface area contributed by atoms with Crippen LogP contribution < -0.4 is 10.5 Å². The third-order valence-corrected chi connectivity index (χ3v) is 3.04. The van der Waals surface area contributed by atoms with Crippen molar-refractivity contribution in [3.05, 3.63) is 23.8 Å². The lowest BCUT2D eigenvalue weighted by Gasteiger charge is -2.22. The van der Waals surface area contributed by atoms with Gasteiger partial charge >= 0.3 is 0 Å². The Labute approximate surface area is 106 Å². The van der Waals surface area contributed by atoms with E-state index in [1.807, 2.05) is 0 Å². The Hall–Kier alpha value is -1.75. The Morgan fingerprint density at radius 2 is 2.28 bits per heavy atom. The SMILES string of the molecule is COc1ccc(N)cc1C(=O)N(CCO)C1CC1. The van der Waals surface area contributed by atoms with Crippen LogP contribution in [0, 0.1) is 0 Å². The van der Waals surface area contributed by atoms with Gasteiger partial charge in [0.2, 0.25) is 0 Å². The number of ether oxygens (including phenoxy) is 1. The molecule has 1 aromatic carbocycles. The fraction of sp³-hybridized carbons (Fsp3) is 0.462. The van der Waals surface area contributed by atoms with E-state index in [4.69, 9.17) is 15.6 Å². The van der Waals surface area contributed by atoms with Crippen LogP contribution in [0.25, 0.3) is 0 Å². The fourth-order valence-corrected chi connectivity index (χ4v) is 1.99. The molecule has 5 nitrogen and oxygen atoms in total. The molecule has 18 heavy (non-hydrogen) atoms. The number of hydrogen-bond acceptors (Lipinski definition) is 4. The van der Waals surface area contributed by atoms with Crippen molar-refractivity contribution in [1.82, 2.24) is 4.90 Å². The zero-order valence-electron chi connectivity index (χ0n) is 10.4. The van der Waals surface area contributed by atoms with Crippen molar-refractivity contribution in [2.75, 3.05) is 26.0 Å². The molecule has 1 saturated carbocycles. The van der Waals surface area contributed by atoms with Crippen LogP contribution in [0.3, 0.4) is 0 Å². The molecule has 0 unspecified atom stereocenters. The molecule has 0 heterocycles. The summed E-state index contributed by atoms with van der Waals surface area (Å²) < 4.78 is 5.18. The number of hydrogen-bond donors (Lipinski definition) is 2. The highest BCUT2D eigenvalue weighted by Gasteiger charge is 2.33. The van der Waals surface area contributed by atoms with Crippen LogP contribution in [0.15, 0.2) is 18.2 Å².